The van der Waals surface area contributed by atoms with Gasteiger partial charge in [-0.1, -0.05) is 29.3 Å². The molecule has 3 aromatic carbocycles. The van der Waals surface area contributed by atoms with E-state index < -0.39 is 32.0 Å². The molecule has 0 aromatic heterocycles. The van der Waals surface area contributed by atoms with Crippen LogP contribution in [-0.4, -0.2) is 42.2 Å². The fourth-order valence-electron chi connectivity index (χ4n) is 3.29. The first-order valence-corrected chi connectivity index (χ1v) is 14.4. The first-order chi connectivity index (χ1) is 16.8. The molecule has 1 atom stereocenters. The summed E-state index contributed by atoms with van der Waals surface area (Å²) in [6.07, 6.45) is 1.000. The van der Waals surface area contributed by atoms with Gasteiger partial charge in [-0.05, 0) is 67.6 Å². The summed E-state index contributed by atoms with van der Waals surface area (Å²) in [5.74, 6) is -0.0813. The van der Waals surface area contributed by atoms with Gasteiger partial charge in [-0.25, -0.2) is 16.8 Å². The molecule has 1 amide bonds. The second kappa shape index (κ2) is 11.0. The molecule has 3 rings (SSSR count). The van der Waals surface area contributed by atoms with Crippen LogP contribution in [0.25, 0.3) is 0 Å². The van der Waals surface area contributed by atoms with E-state index in [0.29, 0.717) is 5.75 Å². The Morgan fingerprint density at radius 1 is 0.944 bits per heavy atom. The molecule has 0 radical (unpaired) electrons. The molecule has 0 bridgehead atoms. The van der Waals surface area contributed by atoms with E-state index in [4.69, 9.17) is 27.9 Å². The zero-order valence-electron chi connectivity index (χ0n) is 19.4. The first kappa shape index (κ1) is 27.6. The smallest absolute Gasteiger partial charge is 0.261 e. The number of halogens is 2. The minimum atomic E-state index is -3.99. The monoisotopic (exact) mass is 571 g/mol. The van der Waals surface area contributed by atoms with Crippen LogP contribution in [0.1, 0.15) is 6.92 Å². The summed E-state index contributed by atoms with van der Waals surface area (Å²) >= 11 is 12.0. The quantitative estimate of drug-likeness (QED) is 0.387. The highest BCUT2D eigenvalue weighted by Crippen LogP contribution is 2.31. The van der Waals surface area contributed by atoms with Gasteiger partial charge in [-0.2, -0.15) is 0 Å². The number of hydrogen-bond acceptors (Lipinski definition) is 6. The van der Waals surface area contributed by atoms with Crippen LogP contribution in [0.3, 0.4) is 0 Å². The molecule has 0 unspecified atom stereocenters. The molecule has 13 heteroatoms. The summed E-state index contributed by atoms with van der Waals surface area (Å²) < 4.78 is 58.8. The highest BCUT2D eigenvalue weighted by atomic mass is 35.5. The lowest BCUT2D eigenvalue weighted by atomic mass is 10.2. The first-order valence-electron chi connectivity index (χ1n) is 10.3. The molecule has 2 N–H and O–H groups in total. The van der Waals surface area contributed by atoms with Crippen molar-refractivity contribution in [2.24, 2.45) is 0 Å². The van der Waals surface area contributed by atoms with Gasteiger partial charge in [0.25, 0.3) is 10.0 Å². The maximum Gasteiger partial charge on any atom is 0.261 e. The van der Waals surface area contributed by atoms with Crippen molar-refractivity contribution in [3.05, 3.63) is 76.8 Å². The van der Waals surface area contributed by atoms with E-state index in [0.717, 1.165) is 10.6 Å². The topological polar surface area (TPSA) is 122 Å². The third-order valence-electron chi connectivity index (χ3n) is 5.04. The third-order valence-corrected chi connectivity index (χ3v) is 8.49. The second-order valence-electron chi connectivity index (χ2n) is 7.65. The number of rotatable bonds is 9. The molecule has 0 aliphatic heterocycles. The van der Waals surface area contributed by atoms with Gasteiger partial charge in [0.15, 0.2) is 0 Å². The van der Waals surface area contributed by atoms with Crippen LogP contribution in [0.2, 0.25) is 10.0 Å². The largest absolute Gasteiger partial charge is 0.497 e. The number of hydrogen-bond donors (Lipinski definition) is 2. The van der Waals surface area contributed by atoms with Crippen molar-refractivity contribution in [2.45, 2.75) is 17.9 Å². The molecule has 192 valence electrons. The standard InChI is InChI=1S/C23H23Cl2N3O6S2/c1-15(28(35(3,30)31)17-9-11-18(34-2)12-10-17)23(29)26-16-7-13-19(14-8-16)36(32,33)27-21-6-4-5-20(24)22(21)25/h4-15,27H,1-3H3,(H,26,29)/t15-/m0/s1. The van der Waals surface area contributed by atoms with Crippen LogP contribution in [0, 0.1) is 0 Å². The summed E-state index contributed by atoms with van der Waals surface area (Å²) in [7, 11) is -6.32. The Bertz CT molecular complexity index is 1460. The van der Waals surface area contributed by atoms with Crippen LogP contribution < -0.4 is 19.1 Å². The van der Waals surface area contributed by atoms with E-state index in [9.17, 15) is 21.6 Å². The van der Waals surface area contributed by atoms with Crippen molar-refractivity contribution < 1.29 is 26.4 Å². The summed E-state index contributed by atoms with van der Waals surface area (Å²) in [6, 6.07) is 15.0. The molecule has 36 heavy (non-hydrogen) atoms. The Kier molecular flexibility index (Phi) is 8.40. The van der Waals surface area contributed by atoms with Crippen molar-refractivity contribution in [2.75, 3.05) is 27.7 Å². The van der Waals surface area contributed by atoms with Gasteiger partial charge in [0, 0.05) is 5.69 Å². The Morgan fingerprint density at radius 2 is 1.56 bits per heavy atom. The fraction of sp³-hybridized carbons (Fsp3) is 0.174. The summed E-state index contributed by atoms with van der Waals surface area (Å²) in [4.78, 5) is 12.8. The fourth-order valence-corrected chi connectivity index (χ4v) is 5.94. The number of carbonyl (C=O) groups excluding carboxylic acids is 1. The molecular weight excluding hydrogens is 549 g/mol. The molecule has 0 fully saturated rings. The Balaban J connectivity index is 1.77. The van der Waals surface area contributed by atoms with Crippen molar-refractivity contribution in [1.29, 1.82) is 0 Å². The Hall–Kier alpha value is -2.99. The minimum Gasteiger partial charge on any atom is -0.497 e. The van der Waals surface area contributed by atoms with Gasteiger partial charge in [-0.15, -0.1) is 0 Å². The van der Waals surface area contributed by atoms with E-state index in [1.54, 1.807) is 18.2 Å². The van der Waals surface area contributed by atoms with Gasteiger partial charge >= 0.3 is 0 Å². The molecular formula is C23H23Cl2N3O6S2. The van der Waals surface area contributed by atoms with Crippen molar-refractivity contribution in [3.8, 4) is 5.75 Å². The van der Waals surface area contributed by atoms with Crippen molar-refractivity contribution in [3.63, 3.8) is 0 Å². The molecule has 0 aliphatic rings. The number of carbonyl (C=O) groups is 1. The van der Waals surface area contributed by atoms with Gasteiger partial charge in [-0.3, -0.25) is 13.8 Å². The minimum absolute atomic E-state index is 0.0629. The molecule has 0 spiro atoms. The summed E-state index contributed by atoms with van der Waals surface area (Å²) in [6.45, 7) is 1.44. The van der Waals surface area contributed by atoms with E-state index >= 15 is 0 Å². The normalized spacial score (nSPS) is 12.5. The molecule has 3 aromatic rings. The SMILES string of the molecule is COc1ccc(N([C@@H](C)C(=O)Nc2ccc(S(=O)(=O)Nc3cccc(Cl)c3Cl)cc2)S(C)(=O)=O)cc1. The summed E-state index contributed by atoms with van der Waals surface area (Å²) in [5, 5.41) is 2.87. The zero-order chi connectivity index (χ0) is 26.7. The predicted octanol–water partition coefficient (Wildman–Crippen LogP) is 4.60. The maximum atomic E-state index is 12.9. The number of ether oxygens (including phenoxy) is 1. The van der Waals surface area contributed by atoms with Gasteiger partial charge < -0.3 is 10.1 Å². The van der Waals surface area contributed by atoms with Gasteiger partial charge in [0.05, 0.1) is 39.7 Å². The van der Waals surface area contributed by atoms with Crippen LogP contribution in [0.15, 0.2) is 71.6 Å². The number of amides is 1. The number of anilines is 3. The van der Waals surface area contributed by atoms with Gasteiger partial charge in [0.1, 0.15) is 11.8 Å². The zero-order valence-corrected chi connectivity index (χ0v) is 22.5. The molecule has 0 heterocycles. The lowest BCUT2D eigenvalue weighted by molar-refractivity contribution is -0.116. The lowest BCUT2D eigenvalue weighted by Crippen LogP contribution is -2.45. The lowest BCUT2D eigenvalue weighted by Gasteiger charge is -2.28. The molecule has 9 nitrogen and oxygen atoms in total. The van der Waals surface area contributed by atoms with E-state index in [1.165, 1.54) is 62.6 Å². The van der Waals surface area contributed by atoms with E-state index in [2.05, 4.69) is 10.0 Å². The Morgan fingerprint density at radius 3 is 2.11 bits per heavy atom. The van der Waals surface area contributed by atoms with Crippen LogP contribution in [-0.2, 0) is 24.8 Å². The molecule has 0 saturated heterocycles. The maximum absolute atomic E-state index is 12.9. The third kappa shape index (κ3) is 6.41. The number of nitrogens with zero attached hydrogens (tertiary/aromatic N) is 1. The molecule has 0 aliphatic carbocycles. The average molecular weight is 572 g/mol. The second-order valence-corrected chi connectivity index (χ2v) is 12.0. The van der Waals surface area contributed by atoms with Crippen LogP contribution in [0.5, 0.6) is 5.75 Å². The van der Waals surface area contributed by atoms with Crippen molar-refractivity contribution in [1.82, 2.24) is 0 Å². The highest BCUT2D eigenvalue weighted by Gasteiger charge is 2.29. The number of nitrogens with one attached hydrogen (secondary N) is 2. The molecule has 0 saturated carbocycles. The number of benzene rings is 3. The van der Waals surface area contributed by atoms with E-state index in [1.807, 2.05) is 0 Å². The Labute approximate surface area is 220 Å². The predicted molar refractivity (Wildman–Crippen MR) is 142 cm³/mol. The number of sulfonamides is 2. The van der Waals surface area contributed by atoms with Crippen LogP contribution >= 0.6 is 23.2 Å². The number of methoxy groups -OCH3 is 1. The van der Waals surface area contributed by atoms with Crippen LogP contribution in [0.4, 0.5) is 17.1 Å². The highest BCUT2D eigenvalue weighted by molar-refractivity contribution is 7.92. The van der Waals surface area contributed by atoms with Gasteiger partial charge in [0.2, 0.25) is 15.9 Å². The summed E-state index contributed by atoms with van der Waals surface area (Å²) in [5.41, 5.74) is 0.678. The van der Waals surface area contributed by atoms with E-state index in [-0.39, 0.29) is 32.0 Å². The average Bonchev–Trinajstić information content (AvgIpc) is 2.82. The van der Waals surface area contributed by atoms with Crippen molar-refractivity contribution >= 4 is 66.2 Å².